The predicted molar refractivity (Wildman–Crippen MR) is 124 cm³/mol. The minimum Gasteiger partial charge on any atom is -0.362 e. The first-order valence-corrected chi connectivity index (χ1v) is 11.3. The van der Waals surface area contributed by atoms with Crippen LogP contribution in [-0.4, -0.2) is 49.2 Å². The number of unbranched alkanes of at least 4 members (excludes halogenated alkanes) is 2. The van der Waals surface area contributed by atoms with Gasteiger partial charge < -0.3 is 20.9 Å². The van der Waals surface area contributed by atoms with Crippen LogP contribution in [0.15, 0.2) is 24.3 Å². The highest BCUT2D eigenvalue weighted by Gasteiger charge is 2.22. The van der Waals surface area contributed by atoms with Crippen molar-refractivity contribution in [2.45, 2.75) is 57.9 Å². The molecule has 1 saturated carbocycles. The molecule has 164 valence electrons. The smallest absolute Gasteiger partial charge is 0.314 e. The summed E-state index contributed by atoms with van der Waals surface area (Å²) in [5, 5.41) is 10.6. The van der Waals surface area contributed by atoms with Gasteiger partial charge in [0.15, 0.2) is 0 Å². The van der Waals surface area contributed by atoms with E-state index in [4.69, 9.17) is 9.97 Å². The van der Waals surface area contributed by atoms with Gasteiger partial charge in [-0.15, -0.1) is 0 Å². The van der Waals surface area contributed by atoms with Crippen molar-refractivity contribution in [3.05, 3.63) is 24.3 Å². The van der Waals surface area contributed by atoms with Crippen LogP contribution in [0.4, 0.5) is 16.6 Å². The molecule has 30 heavy (non-hydrogen) atoms. The van der Waals surface area contributed by atoms with Crippen LogP contribution in [0.2, 0.25) is 0 Å². The molecule has 3 rings (SSSR count). The number of hydrogen-bond acceptors (Lipinski definition) is 5. The van der Waals surface area contributed by atoms with E-state index < -0.39 is 0 Å². The monoisotopic (exact) mass is 412 g/mol. The van der Waals surface area contributed by atoms with Crippen molar-refractivity contribution >= 4 is 28.7 Å². The van der Waals surface area contributed by atoms with Gasteiger partial charge in [-0.2, -0.15) is 4.98 Å². The Bertz CT molecular complexity index is 816. The van der Waals surface area contributed by atoms with Crippen LogP contribution in [0.5, 0.6) is 0 Å². The molecule has 0 radical (unpaired) electrons. The van der Waals surface area contributed by atoms with E-state index >= 15 is 0 Å². The van der Waals surface area contributed by atoms with E-state index in [1.807, 2.05) is 37.2 Å². The van der Waals surface area contributed by atoms with Gasteiger partial charge >= 0.3 is 6.03 Å². The number of nitrogens with zero attached hydrogens (tertiary/aromatic N) is 3. The fourth-order valence-corrected chi connectivity index (χ4v) is 4.04. The number of amides is 2. The van der Waals surface area contributed by atoms with Gasteiger partial charge in [-0.3, -0.25) is 0 Å². The van der Waals surface area contributed by atoms with Gasteiger partial charge in [-0.25, -0.2) is 9.78 Å². The van der Waals surface area contributed by atoms with E-state index in [-0.39, 0.29) is 6.03 Å². The van der Waals surface area contributed by atoms with Crippen molar-refractivity contribution in [3.63, 3.8) is 0 Å². The van der Waals surface area contributed by atoms with Crippen molar-refractivity contribution in [2.24, 2.45) is 5.92 Å². The number of fused-ring (bicyclic) bond motifs is 1. The van der Waals surface area contributed by atoms with Crippen LogP contribution < -0.4 is 20.9 Å². The molecule has 0 saturated heterocycles. The SMILES string of the molecule is CCCCCNC(=O)NC[C@H]1CC[C@@H](Nc2nc(N(C)C)c3ccccc3n2)CC1. The molecular weight excluding hydrogens is 376 g/mol. The van der Waals surface area contributed by atoms with Crippen LogP contribution in [0.1, 0.15) is 51.9 Å². The summed E-state index contributed by atoms with van der Waals surface area (Å²) in [5.41, 5.74) is 0.960. The molecule has 1 aliphatic carbocycles. The van der Waals surface area contributed by atoms with E-state index in [1.54, 1.807) is 0 Å². The topological polar surface area (TPSA) is 82.2 Å². The number of benzene rings is 1. The predicted octanol–water partition coefficient (Wildman–Crippen LogP) is 4.16. The number of carbonyl (C=O) groups excluding carboxylic acids is 1. The Balaban J connectivity index is 1.46. The number of rotatable bonds is 9. The third kappa shape index (κ3) is 6.21. The second kappa shape index (κ2) is 11.0. The quantitative estimate of drug-likeness (QED) is 0.539. The van der Waals surface area contributed by atoms with Gasteiger partial charge in [-0.1, -0.05) is 31.9 Å². The highest BCUT2D eigenvalue weighted by atomic mass is 16.2. The maximum absolute atomic E-state index is 11.9. The van der Waals surface area contributed by atoms with Crippen LogP contribution >= 0.6 is 0 Å². The lowest BCUT2D eigenvalue weighted by atomic mass is 9.86. The van der Waals surface area contributed by atoms with Crippen molar-refractivity contribution in [1.29, 1.82) is 0 Å². The lowest BCUT2D eigenvalue weighted by Gasteiger charge is -2.29. The van der Waals surface area contributed by atoms with Crippen LogP contribution in [-0.2, 0) is 0 Å². The van der Waals surface area contributed by atoms with E-state index in [9.17, 15) is 4.79 Å². The van der Waals surface area contributed by atoms with E-state index in [1.165, 1.54) is 6.42 Å². The number of nitrogens with one attached hydrogen (secondary N) is 3. The zero-order valence-corrected chi connectivity index (χ0v) is 18.6. The Morgan fingerprint density at radius 1 is 1.07 bits per heavy atom. The number of anilines is 2. The Morgan fingerprint density at radius 2 is 1.83 bits per heavy atom. The van der Waals surface area contributed by atoms with Gasteiger partial charge in [0.25, 0.3) is 0 Å². The number of para-hydroxylation sites is 1. The molecule has 1 aromatic heterocycles. The van der Waals surface area contributed by atoms with Crippen LogP contribution in [0.3, 0.4) is 0 Å². The molecule has 0 aliphatic heterocycles. The van der Waals surface area contributed by atoms with Gasteiger partial charge in [0.2, 0.25) is 5.95 Å². The summed E-state index contributed by atoms with van der Waals surface area (Å²) in [5.74, 6) is 2.18. The van der Waals surface area contributed by atoms with Gasteiger partial charge in [-0.05, 0) is 50.2 Å². The number of aromatic nitrogens is 2. The fourth-order valence-electron chi connectivity index (χ4n) is 4.04. The molecule has 1 heterocycles. The molecule has 0 atom stereocenters. The molecule has 3 N–H and O–H groups in total. The van der Waals surface area contributed by atoms with Crippen LogP contribution in [0, 0.1) is 5.92 Å². The number of urea groups is 1. The molecule has 0 spiro atoms. The van der Waals surface area contributed by atoms with E-state index in [0.717, 1.165) is 68.3 Å². The molecule has 7 nitrogen and oxygen atoms in total. The highest BCUT2D eigenvalue weighted by molar-refractivity contribution is 5.90. The largest absolute Gasteiger partial charge is 0.362 e. The minimum absolute atomic E-state index is 0.0351. The first-order chi connectivity index (χ1) is 14.6. The summed E-state index contributed by atoms with van der Waals surface area (Å²) < 4.78 is 0. The van der Waals surface area contributed by atoms with Crippen molar-refractivity contribution < 1.29 is 4.79 Å². The van der Waals surface area contributed by atoms with Gasteiger partial charge in [0.05, 0.1) is 5.52 Å². The van der Waals surface area contributed by atoms with Gasteiger partial charge in [0.1, 0.15) is 5.82 Å². The average Bonchev–Trinajstić information content (AvgIpc) is 2.75. The van der Waals surface area contributed by atoms with E-state index in [2.05, 4.69) is 28.9 Å². The summed E-state index contributed by atoms with van der Waals surface area (Å²) in [6, 6.07) is 8.47. The summed E-state index contributed by atoms with van der Waals surface area (Å²) in [6.45, 7) is 3.68. The Hall–Kier alpha value is -2.57. The summed E-state index contributed by atoms with van der Waals surface area (Å²) >= 11 is 0. The number of hydrogen-bond donors (Lipinski definition) is 3. The van der Waals surface area contributed by atoms with Crippen molar-refractivity contribution in [1.82, 2.24) is 20.6 Å². The van der Waals surface area contributed by atoms with Gasteiger partial charge in [0, 0.05) is 38.6 Å². The molecule has 0 bridgehead atoms. The molecule has 2 amide bonds. The maximum Gasteiger partial charge on any atom is 0.314 e. The first-order valence-electron chi connectivity index (χ1n) is 11.3. The van der Waals surface area contributed by atoms with Crippen molar-refractivity contribution in [3.8, 4) is 0 Å². The molecular formula is C23H36N6O. The lowest BCUT2D eigenvalue weighted by Crippen LogP contribution is -2.40. The molecule has 1 aromatic carbocycles. The van der Waals surface area contributed by atoms with Crippen LogP contribution in [0.25, 0.3) is 10.9 Å². The number of carbonyl (C=O) groups is 1. The second-order valence-corrected chi connectivity index (χ2v) is 8.49. The summed E-state index contributed by atoms with van der Waals surface area (Å²) in [7, 11) is 4.02. The average molecular weight is 413 g/mol. The Morgan fingerprint density at radius 3 is 2.57 bits per heavy atom. The normalized spacial score (nSPS) is 18.8. The Kier molecular flexibility index (Phi) is 8.11. The third-order valence-corrected chi connectivity index (χ3v) is 5.80. The summed E-state index contributed by atoms with van der Waals surface area (Å²) in [6.07, 6.45) is 7.71. The first kappa shape index (κ1) is 22.1. The van der Waals surface area contributed by atoms with E-state index in [0.29, 0.717) is 17.9 Å². The fraction of sp³-hybridized carbons (Fsp3) is 0.609. The maximum atomic E-state index is 11.9. The minimum atomic E-state index is -0.0351. The third-order valence-electron chi connectivity index (χ3n) is 5.80. The lowest BCUT2D eigenvalue weighted by molar-refractivity contribution is 0.235. The standard InChI is InChI=1S/C23H36N6O/c1-4-5-8-15-24-23(30)25-16-17-11-13-18(14-12-17)26-22-27-20-10-7-6-9-19(20)21(28-22)29(2)3/h6-7,9-10,17-18H,4-5,8,11-16H2,1-3H3,(H2,24,25,30)(H,26,27,28)/t17-,18+. The zero-order valence-electron chi connectivity index (χ0n) is 18.6. The van der Waals surface area contributed by atoms with Crippen molar-refractivity contribution in [2.75, 3.05) is 37.4 Å². The second-order valence-electron chi connectivity index (χ2n) is 8.49. The molecule has 1 fully saturated rings. The molecule has 7 heteroatoms. The highest BCUT2D eigenvalue weighted by Crippen LogP contribution is 2.28. The molecule has 1 aliphatic rings. The summed E-state index contributed by atoms with van der Waals surface area (Å²) in [4.78, 5) is 23.4. The molecule has 0 unspecified atom stereocenters. The Labute approximate surface area is 180 Å². The zero-order chi connectivity index (χ0) is 21.3. The molecule has 2 aromatic rings.